The highest BCUT2D eigenvalue weighted by molar-refractivity contribution is 7.99. The Balaban J connectivity index is 1.32. The van der Waals surface area contributed by atoms with Gasteiger partial charge in [0.05, 0.1) is 5.69 Å². The van der Waals surface area contributed by atoms with Crippen LogP contribution in [0.2, 0.25) is 5.02 Å². The molecule has 1 fully saturated rings. The molecule has 0 saturated carbocycles. The molecule has 5 rings (SSSR count). The number of fused-ring (bicyclic) bond motifs is 2. The molecule has 0 aromatic heterocycles. The molecule has 33 heavy (non-hydrogen) atoms. The predicted octanol–water partition coefficient (Wildman–Crippen LogP) is 7.43. The molecule has 3 aromatic carbocycles. The van der Waals surface area contributed by atoms with E-state index in [1.54, 1.807) is 11.8 Å². The minimum atomic E-state index is 0.110. The van der Waals surface area contributed by atoms with Crippen LogP contribution in [-0.4, -0.2) is 29.6 Å². The van der Waals surface area contributed by atoms with Crippen LogP contribution in [0.15, 0.2) is 81.5 Å². The number of aliphatic imine (C=N–C) groups is 1. The maximum absolute atomic E-state index is 13.3. The first-order chi connectivity index (χ1) is 16.1. The van der Waals surface area contributed by atoms with Crippen LogP contribution in [0.5, 0.6) is 0 Å². The summed E-state index contributed by atoms with van der Waals surface area (Å²) >= 11 is 7.95. The number of hydrogen-bond acceptors (Lipinski definition) is 3. The monoisotopic (exact) mass is 474 g/mol. The summed E-state index contributed by atoms with van der Waals surface area (Å²) in [6, 6.07) is 22.6. The second-order valence-corrected chi connectivity index (χ2v) is 10.3. The Morgan fingerprint density at radius 3 is 2.55 bits per heavy atom. The van der Waals surface area contributed by atoms with Gasteiger partial charge in [0.1, 0.15) is 0 Å². The number of nitrogens with zero attached hydrogens (tertiary/aromatic N) is 2. The van der Waals surface area contributed by atoms with Crippen LogP contribution in [0, 0.1) is 5.92 Å². The largest absolute Gasteiger partial charge is 0.339 e. The molecule has 0 N–H and O–H groups in total. The van der Waals surface area contributed by atoms with Crippen LogP contribution in [0.25, 0.3) is 0 Å². The first-order valence-electron chi connectivity index (χ1n) is 11.6. The fraction of sp³-hybridized carbons (Fsp3) is 0.286. The molecule has 3 nitrogen and oxygen atoms in total. The number of hydrogen-bond donors (Lipinski definition) is 0. The highest BCUT2D eigenvalue weighted by Crippen LogP contribution is 2.42. The van der Waals surface area contributed by atoms with E-state index in [9.17, 15) is 4.79 Å². The first-order valence-corrected chi connectivity index (χ1v) is 12.8. The van der Waals surface area contributed by atoms with Crippen molar-refractivity contribution in [2.45, 2.75) is 42.4 Å². The fourth-order valence-electron chi connectivity index (χ4n) is 4.70. The average molecular weight is 475 g/mol. The molecule has 2 aliphatic rings. The van der Waals surface area contributed by atoms with Gasteiger partial charge in [0.15, 0.2) is 0 Å². The molecule has 2 aliphatic heterocycles. The summed E-state index contributed by atoms with van der Waals surface area (Å²) in [7, 11) is 0. The molecule has 0 spiro atoms. The number of amides is 1. The number of carbonyl (C=O) groups excluding carboxylic acids is 1. The lowest BCUT2D eigenvalue weighted by Crippen LogP contribution is -2.38. The Bertz CT molecular complexity index is 1200. The van der Waals surface area contributed by atoms with E-state index in [-0.39, 0.29) is 5.91 Å². The van der Waals surface area contributed by atoms with Gasteiger partial charge in [0.2, 0.25) is 0 Å². The maximum Gasteiger partial charge on any atom is 0.253 e. The molecule has 0 unspecified atom stereocenters. The molecule has 2 heterocycles. The molecule has 1 saturated heterocycles. The van der Waals surface area contributed by atoms with E-state index in [0.717, 1.165) is 71.1 Å². The van der Waals surface area contributed by atoms with Crippen LogP contribution >= 0.6 is 23.4 Å². The van der Waals surface area contributed by atoms with Crippen molar-refractivity contribution in [1.82, 2.24) is 4.90 Å². The SMILES string of the molecule is CCC1=Nc2cc(C(=O)N3CCC(Cc4ccccc4)CC3)ccc2Sc2ccc(Cl)cc21. The molecule has 5 heteroatoms. The van der Waals surface area contributed by atoms with Gasteiger partial charge in [0.25, 0.3) is 5.91 Å². The van der Waals surface area contributed by atoms with Gasteiger partial charge in [-0.1, -0.05) is 60.6 Å². The van der Waals surface area contributed by atoms with Crippen LogP contribution in [-0.2, 0) is 6.42 Å². The molecular formula is C28H27ClN2OS. The third-order valence-electron chi connectivity index (χ3n) is 6.54. The third kappa shape index (κ3) is 4.87. The molecule has 168 valence electrons. The first kappa shape index (κ1) is 22.2. The Morgan fingerprint density at radius 2 is 1.79 bits per heavy atom. The Kier molecular flexibility index (Phi) is 6.57. The van der Waals surface area contributed by atoms with Gasteiger partial charge in [-0.2, -0.15) is 0 Å². The smallest absolute Gasteiger partial charge is 0.253 e. The summed E-state index contributed by atoms with van der Waals surface area (Å²) in [5, 5.41) is 0.716. The highest BCUT2D eigenvalue weighted by atomic mass is 35.5. The topological polar surface area (TPSA) is 32.7 Å². The highest BCUT2D eigenvalue weighted by Gasteiger charge is 2.25. The Morgan fingerprint density at radius 1 is 1.03 bits per heavy atom. The van der Waals surface area contributed by atoms with E-state index in [1.807, 2.05) is 35.2 Å². The van der Waals surface area contributed by atoms with Crippen molar-refractivity contribution in [2.24, 2.45) is 10.9 Å². The summed E-state index contributed by atoms with van der Waals surface area (Å²) < 4.78 is 0. The Labute approximate surface area is 204 Å². The molecule has 1 amide bonds. The van der Waals surface area contributed by atoms with Gasteiger partial charge in [-0.25, -0.2) is 0 Å². The zero-order chi connectivity index (χ0) is 22.8. The van der Waals surface area contributed by atoms with E-state index in [0.29, 0.717) is 10.9 Å². The van der Waals surface area contributed by atoms with Crippen LogP contribution < -0.4 is 0 Å². The lowest BCUT2D eigenvalue weighted by molar-refractivity contribution is 0.0690. The lowest BCUT2D eigenvalue weighted by atomic mass is 9.90. The quantitative estimate of drug-likeness (QED) is 0.393. The molecule has 0 bridgehead atoms. The minimum Gasteiger partial charge on any atom is -0.339 e. The molecule has 3 aromatic rings. The molecule has 0 radical (unpaired) electrons. The van der Waals surface area contributed by atoms with Crippen LogP contribution in [0.3, 0.4) is 0 Å². The molecule has 0 atom stereocenters. The number of piperidine rings is 1. The maximum atomic E-state index is 13.3. The summed E-state index contributed by atoms with van der Waals surface area (Å²) in [6.07, 6.45) is 4.00. The fourth-order valence-corrected chi connectivity index (χ4v) is 5.88. The van der Waals surface area contributed by atoms with Crippen molar-refractivity contribution >= 4 is 40.7 Å². The summed E-state index contributed by atoms with van der Waals surface area (Å²) in [5.41, 5.74) is 5.06. The van der Waals surface area contributed by atoms with Gasteiger partial charge in [-0.15, -0.1) is 0 Å². The second-order valence-electron chi connectivity index (χ2n) is 8.76. The summed E-state index contributed by atoms with van der Waals surface area (Å²) in [4.78, 5) is 22.5. The van der Waals surface area contributed by atoms with E-state index in [2.05, 4.69) is 43.3 Å². The van der Waals surface area contributed by atoms with E-state index >= 15 is 0 Å². The van der Waals surface area contributed by atoms with Crippen molar-refractivity contribution < 1.29 is 4.79 Å². The lowest BCUT2D eigenvalue weighted by Gasteiger charge is -2.32. The minimum absolute atomic E-state index is 0.110. The second kappa shape index (κ2) is 9.74. The van der Waals surface area contributed by atoms with E-state index in [4.69, 9.17) is 16.6 Å². The molecular weight excluding hydrogens is 448 g/mol. The number of halogens is 1. The standard InChI is InChI=1S/C28H27ClN2OS/c1-2-24-23-18-22(29)9-11-26(23)33-27-10-8-21(17-25(27)30-24)28(32)31-14-12-20(13-15-31)16-19-6-4-3-5-7-19/h3-11,17-18,20H,2,12-16H2,1H3. The van der Waals surface area contributed by atoms with Gasteiger partial charge in [0, 0.05) is 44.7 Å². The number of carbonyl (C=O) groups is 1. The molecule has 0 aliphatic carbocycles. The van der Waals surface area contributed by atoms with Crippen LogP contribution in [0.4, 0.5) is 5.69 Å². The van der Waals surface area contributed by atoms with Crippen molar-refractivity contribution in [3.63, 3.8) is 0 Å². The van der Waals surface area contributed by atoms with Gasteiger partial charge < -0.3 is 4.90 Å². The average Bonchev–Trinajstić information content (AvgIpc) is 3.00. The number of benzene rings is 3. The normalized spacial score (nSPS) is 15.9. The van der Waals surface area contributed by atoms with Gasteiger partial charge in [-0.3, -0.25) is 9.79 Å². The summed E-state index contributed by atoms with van der Waals surface area (Å²) in [5.74, 6) is 0.751. The van der Waals surface area contributed by atoms with Crippen molar-refractivity contribution in [3.05, 3.63) is 88.4 Å². The van der Waals surface area contributed by atoms with E-state index in [1.165, 1.54) is 5.56 Å². The zero-order valence-electron chi connectivity index (χ0n) is 18.8. The van der Waals surface area contributed by atoms with Gasteiger partial charge in [-0.05, 0) is 73.6 Å². The third-order valence-corrected chi connectivity index (χ3v) is 7.91. The van der Waals surface area contributed by atoms with Crippen molar-refractivity contribution in [2.75, 3.05) is 13.1 Å². The van der Waals surface area contributed by atoms with Crippen LogP contribution in [0.1, 0.15) is 47.7 Å². The van der Waals surface area contributed by atoms with Gasteiger partial charge >= 0.3 is 0 Å². The summed E-state index contributed by atoms with van der Waals surface area (Å²) in [6.45, 7) is 3.74. The number of likely N-dealkylation sites (tertiary alicyclic amines) is 1. The zero-order valence-corrected chi connectivity index (χ0v) is 20.3. The number of rotatable bonds is 4. The van der Waals surface area contributed by atoms with Crippen molar-refractivity contribution in [1.29, 1.82) is 0 Å². The van der Waals surface area contributed by atoms with E-state index < -0.39 is 0 Å². The Hall–Kier alpha value is -2.56. The van der Waals surface area contributed by atoms with Crippen molar-refractivity contribution in [3.8, 4) is 0 Å². The predicted molar refractivity (Wildman–Crippen MR) is 137 cm³/mol.